The molecule has 1 aliphatic heterocycles. The van der Waals surface area contributed by atoms with Crippen LogP contribution in [0.3, 0.4) is 0 Å². The van der Waals surface area contributed by atoms with E-state index >= 15 is 0 Å². The lowest BCUT2D eigenvalue weighted by Gasteiger charge is -2.22. The van der Waals surface area contributed by atoms with Crippen LogP contribution in [0.25, 0.3) is 0 Å². The van der Waals surface area contributed by atoms with Gasteiger partial charge in [0.1, 0.15) is 0 Å². The molecule has 0 saturated carbocycles. The Hall–Kier alpha value is -3.06. The lowest BCUT2D eigenvalue weighted by atomic mass is 9.88. The van der Waals surface area contributed by atoms with Crippen molar-refractivity contribution < 1.29 is 19.6 Å². The van der Waals surface area contributed by atoms with Gasteiger partial charge >= 0.3 is 0 Å². The maximum Gasteiger partial charge on any atom is 0.269 e. The first kappa shape index (κ1) is 16.8. The molecule has 0 spiro atoms. The Bertz CT molecular complexity index is 862. The summed E-state index contributed by atoms with van der Waals surface area (Å²) < 4.78 is 0. The number of para-hydroxylation sites is 1. The van der Waals surface area contributed by atoms with Crippen LogP contribution in [-0.4, -0.2) is 28.3 Å². The lowest BCUT2D eigenvalue weighted by molar-refractivity contribution is -0.384. The van der Waals surface area contributed by atoms with Gasteiger partial charge in [-0.3, -0.25) is 19.7 Å². The molecule has 1 amide bonds. The van der Waals surface area contributed by atoms with Gasteiger partial charge in [-0.25, -0.2) is 0 Å². The van der Waals surface area contributed by atoms with E-state index in [0.717, 1.165) is 0 Å². The number of carbonyl (C=O) groups excluding carboxylic acids is 2. The van der Waals surface area contributed by atoms with Gasteiger partial charge in [-0.05, 0) is 25.1 Å². The largest absolute Gasteiger partial charge is 0.375 e. The van der Waals surface area contributed by atoms with Gasteiger partial charge < -0.3 is 10.0 Å². The average Bonchev–Trinajstić information content (AvgIpc) is 2.82. The van der Waals surface area contributed by atoms with Crippen molar-refractivity contribution in [2.75, 3.05) is 11.4 Å². The summed E-state index contributed by atoms with van der Waals surface area (Å²) in [6.45, 7) is 2.17. The highest BCUT2D eigenvalue weighted by atomic mass is 16.6. The van der Waals surface area contributed by atoms with Gasteiger partial charge in [-0.15, -0.1) is 0 Å². The normalized spacial score (nSPS) is 19.0. The fourth-order valence-electron chi connectivity index (χ4n) is 3.09. The second kappa shape index (κ2) is 6.10. The van der Waals surface area contributed by atoms with Crippen LogP contribution < -0.4 is 4.90 Å². The van der Waals surface area contributed by atoms with Gasteiger partial charge in [0, 0.05) is 29.8 Å². The summed E-state index contributed by atoms with van der Waals surface area (Å²) in [6.07, 6.45) is -0.419. The van der Waals surface area contributed by atoms with E-state index in [-0.39, 0.29) is 11.3 Å². The average molecular weight is 340 g/mol. The number of fused-ring (bicyclic) bond motifs is 1. The molecule has 1 atom stereocenters. The van der Waals surface area contributed by atoms with E-state index in [1.165, 1.54) is 29.2 Å². The molecule has 1 aliphatic rings. The van der Waals surface area contributed by atoms with Crippen molar-refractivity contribution in [1.82, 2.24) is 0 Å². The van der Waals surface area contributed by atoms with E-state index < -0.39 is 28.6 Å². The third-order valence-corrected chi connectivity index (χ3v) is 4.37. The molecule has 128 valence electrons. The summed E-state index contributed by atoms with van der Waals surface area (Å²) >= 11 is 0. The van der Waals surface area contributed by atoms with Crippen LogP contribution in [0.2, 0.25) is 0 Å². The predicted molar refractivity (Wildman–Crippen MR) is 90.4 cm³/mol. The van der Waals surface area contributed by atoms with Crippen LogP contribution >= 0.6 is 0 Å². The minimum atomic E-state index is -1.93. The quantitative estimate of drug-likeness (QED) is 0.512. The fraction of sp³-hybridized carbons (Fsp3) is 0.222. The van der Waals surface area contributed by atoms with E-state index in [4.69, 9.17) is 0 Å². The monoisotopic (exact) mass is 340 g/mol. The van der Waals surface area contributed by atoms with Crippen LogP contribution in [0.1, 0.15) is 29.3 Å². The predicted octanol–water partition coefficient (Wildman–Crippen LogP) is 2.42. The Labute approximate surface area is 143 Å². The fourth-order valence-corrected chi connectivity index (χ4v) is 3.09. The molecule has 0 aliphatic carbocycles. The van der Waals surface area contributed by atoms with Gasteiger partial charge in [0.25, 0.3) is 11.6 Å². The Morgan fingerprint density at radius 1 is 1.20 bits per heavy atom. The topological polar surface area (TPSA) is 101 Å². The number of hydrogen-bond acceptors (Lipinski definition) is 5. The maximum absolute atomic E-state index is 12.7. The third-order valence-electron chi connectivity index (χ3n) is 4.37. The molecule has 7 nitrogen and oxygen atoms in total. The lowest BCUT2D eigenvalue weighted by Crippen LogP contribution is -2.41. The van der Waals surface area contributed by atoms with E-state index in [1.54, 1.807) is 31.2 Å². The van der Waals surface area contributed by atoms with E-state index in [2.05, 4.69) is 0 Å². The zero-order chi connectivity index (χ0) is 18.2. The minimum absolute atomic E-state index is 0.130. The van der Waals surface area contributed by atoms with E-state index in [9.17, 15) is 24.8 Å². The Morgan fingerprint density at radius 3 is 2.44 bits per heavy atom. The highest BCUT2D eigenvalue weighted by molar-refractivity contribution is 6.10. The number of rotatable bonds is 5. The first-order chi connectivity index (χ1) is 11.9. The molecule has 0 unspecified atom stereocenters. The molecule has 0 aromatic heterocycles. The first-order valence-electron chi connectivity index (χ1n) is 7.80. The summed E-state index contributed by atoms with van der Waals surface area (Å²) in [4.78, 5) is 36.8. The highest BCUT2D eigenvalue weighted by Gasteiger charge is 2.50. The maximum atomic E-state index is 12.7. The molecular formula is C18H16N2O5. The summed E-state index contributed by atoms with van der Waals surface area (Å²) in [5.74, 6) is -0.995. The van der Waals surface area contributed by atoms with Crippen LogP contribution in [0.4, 0.5) is 11.4 Å². The third kappa shape index (κ3) is 2.68. The van der Waals surface area contributed by atoms with Gasteiger partial charge in [0.05, 0.1) is 17.0 Å². The van der Waals surface area contributed by atoms with Crippen LogP contribution in [0, 0.1) is 10.1 Å². The molecule has 1 N–H and O–H groups in total. The summed E-state index contributed by atoms with van der Waals surface area (Å²) in [6, 6.07) is 11.9. The van der Waals surface area contributed by atoms with Crippen LogP contribution in [-0.2, 0) is 10.4 Å². The molecule has 3 rings (SSSR count). The molecular weight excluding hydrogens is 324 g/mol. The number of hydrogen-bond donors (Lipinski definition) is 1. The standard InChI is InChI=1S/C18H16N2O5/c1-2-19-15-6-4-3-5-14(15)18(23,17(19)22)11-16(21)12-7-9-13(10-8-12)20(24)25/h3-10,23H,2,11H2,1H3/t18-/m0/s1. The van der Waals surface area contributed by atoms with Crippen molar-refractivity contribution in [2.24, 2.45) is 0 Å². The number of likely N-dealkylation sites (N-methyl/N-ethyl adjacent to an activating group) is 1. The highest BCUT2D eigenvalue weighted by Crippen LogP contribution is 2.42. The Morgan fingerprint density at radius 2 is 1.84 bits per heavy atom. The molecule has 0 radical (unpaired) electrons. The molecule has 0 saturated heterocycles. The molecule has 2 aromatic rings. The number of nitro groups is 1. The molecule has 1 heterocycles. The van der Waals surface area contributed by atoms with Crippen molar-refractivity contribution in [2.45, 2.75) is 18.9 Å². The van der Waals surface area contributed by atoms with Crippen molar-refractivity contribution in [3.8, 4) is 0 Å². The molecule has 0 bridgehead atoms. The van der Waals surface area contributed by atoms with Gasteiger partial charge in [-0.1, -0.05) is 18.2 Å². The SMILES string of the molecule is CCN1C(=O)[C@](O)(CC(=O)c2ccc([N+](=O)[O-])cc2)c2ccccc21. The van der Waals surface area contributed by atoms with E-state index in [0.29, 0.717) is 17.8 Å². The number of nitro benzene ring substituents is 1. The zero-order valence-corrected chi connectivity index (χ0v) is 13.5. The van der Waals surface area contributed by atoms with Crippen molar-refractivity contribution in [3.63, 3.8) is 0 Å². The van der Waals surface area contributed by atoms with Crippen molar-refractivity contribution >= 4 is 23.1 Å². The summed E-state index contributed by atoms with van der Waals surface area (Å²) in [5.41, 5.74) is -0.856. The van der Waals surface area contributed by atoms with Gasteiger partial charge in [0.15, 0.2) is 11.4 Å². The second-order valence-corrected chi connectivity index (χ2v) is 5.83. The number of Topliss-reactive ketones (excluding diaryl/α,β-unsaturated/α-hetero) is 1. The van der Waals surface area contributed by atoms with Crippen LogP contribution in [0.5, 0.6) is 0 Å². The zero-order valence-electron chi connectivity index (χ0n) is 13.5. The number of non-ortho nitro benzene ring substituents is 1. The van der Waals surface area contributed by atoms with Crippen molar-refractivity contribution in [3.05, 3.63) is 69.8 Å². The number of ketones is 1. The first-order valence-corrected chi connectivity index (χ1v) is 7.80. The summed E-state index contributed by atoms with van der Waals surface area (Å²) in [7, 11) is 0. The van der Waals surface area contributed by atoms with Gasteiger partial charge in [-0.2, -0.15) is 0 Å². The Kier molecular flexibility index (Phi) is 4.10. The smallest absolute Gasteiger partial charge is 0.269 e. The molecule has 7 heteroatoms. The number of anilines is 1. The number of benzene rings is 2. The number of aliphatic hydroxyl groups is 1. The Balaban J connectivity index is 1.92. The van der Waals surface area contributed by atoms with Crippen molar-refractivity contribution in [1.29, 1.82) is 0 Å². The second-order valence-electron chi connectivity index (χ2n) is 5.83. The summed E-state index contributed by atoms with van der Waals surface area (Å²) in [5, 5.41) is 21.7. The number of nitrogens with zero attached hydrogens (tertiary/aromatic N) is 2. The van der Waals surface area contributed by atoms with Gasteiger partial charge in [0.2, 0.25) is 0 Å². The minimum Gasteiger partial charge on any atom is -0.375 e. The number of amides is 1. The van der Waals surface area contributed by atoms with Crippen LogP contribution in [0.15, 0.2) is 48.5 Å². The van der Waals surface area contributed by atoms with E-state index in [1.807, 2.05) is 0 Å². The molecule has 0 fully saturated rings. The molecule has 25 heavy (non-hydrogen) atoms. The number of carbonyl (C=O) groups is 2. The molecule has 2 aromatic carbocycles.